The Morgan fingerprint density at radius 3 is 1.68 bits per heavy atom. The molecule has 0 spiro atoms. The summed E-state index contributed by atoms with van der Waals surface area (Å²) in [5.41, 5.74) is -0.279. The summed E-state index contributed by atoms with van der Waals surface area (Å²) in [6, 6.07) is 35.0. The Balaban J connectivity index is 1.74. The molecule has 6 aromatic rings. The monoisotopic (exact) mass is 587 g/mol. The summed E-state index contributed by atoms with van der Waals surface area (Å²) >= 11 is 0. The van der Waals surface area contributed by atoms with Crippen molar-refractivity contribution in [3.63, 3.8) is 0 Å². The van der Waals surface area contributed by atoms with Crippen LogP contribution in [0.5, 0.6) is 0 Å². The van der Waals surface area contributed by atoms with Gasteiger partial charge in [0, 0.05) is 12.6 Å². The first kappa shape index (κ1) is 28.0. The lowest BCUT2D eigenvalue weighted by atomic mass is 9.85. The summed E-state index contributed by atoms with van der Waals surface area (Å²) < 4.78 is 28.6. The topological polar surface area (TPSA) is 133 Å². The van der Waals surface area contributed by atoms with Crippen LogP contribution in [0.4, 0.5) is 0 Å². The normalized spacial score (nSPS) is 11.0. The number of allylic oxidation sites excluding steroid dienone is 3. The largest absolute Gasteiger partial charge is 0.267 e. The van der Waals surface area contributed by atoms with Crippen LogP contribution in [0, 0.1) is 52.2 Å². The van der Waals surface area contributed by atoms with Gasteiger partial charge in [-0.1, -0.05) is 84.4 Å². The third-order valence-corrected chi connectivity index (χ3v) is 9.73. The number of hydrogen-bond acceptors (Lipinski definition) is 6. The lowest BCUT2D eigenvalue weighted by molar-refractivity contribution is 0.530. The molecule has 0 bridgehead atoms. The van der Waals surface area contributed by atoms with Gasteiger partial charge < -0.3 is 0 Å². The van der Waals surface area contributed by atoms with Crippen LogP contribution in [0.2, 0.25) is 0 Å². The molecule has 0 amide bonds. The maximum Gasteiger partial charge on any atom is 0.264 e. The maximum absolute atomic E-state index is 13.9. The van der Waals surface area contributed by atoms with Crippen molar-refractivity contribution in [3.05, 3.63) is 119 Å². The summed E-state index contributed by atoms with van der Waals surface area (Å²) in [5.74, 6) is 0. The van der Waals surface area contributed by atoms with Crippen molar-refractivity contribution in [2.75, 3.05) is 7.05 Å². The molecular weight excluding hydrogens is 566 g/mol. The smallest absolute Gasteiger partial charge is 0.264 e. The molecule has 0 N–H and O–H groups in total. The van der Waals surface area contributed by atoms with E-state index in [0.717, 1.165) is 47.6 Å². The van der Waals surface area contributed by atoms with Crippen LogP contribution in [0.15, 0.2) is 113 Å². The molecule has 0 aromatic heterocycles. The first-order chi connectivity index (χ1) is 21.3. The lowest BCUT2D eigenvalue weighted by Gasteiger charge is -2.26. The van der Waals surface area contributed by atoms with E-state index in [0.29, 0.717) is 10.9 Å². The highest BCUT2D eigenvalue weighted by Gasteiger charge is 2.32. The van der Waals surface area contributed by atoms with Gasteiger partial charge in [0.2, 0.25) is 0 Å². The summed E-state index contributed by atoms with van der Waals surface area (Å²) in [4.78, 5) is -0.0743. The summed E-state index contributed by atoms with van der Waals surface area (Å²) in [6.45, 7) is 1.82. The Bertz CT molecular complexity index is 2440. The highest BCUT2D eigenvalue weighted by atomic mass is 32.2. The van der Waals surface area contributed by atoms with Gasteiger partial charge >= 0.3 is 0 Å². The fourth-order valence-corrected chi connectivity index (χ4v) is 7.16. The van der Waals surface area contributed by atoms with Gasteiger partial charge in [-0.3, -0.25) is 4.31 Å². The third kappa shape index (κ3) is 4.11. The van der Waals surface area contributed by atoms with Gasteiger partial charge in [0.1, 0.15) is 29.8 Å². The highest BCUT2D eigenvalue weighted by Crippen LogP contribution is 2.44. The van der Waals surface area contributed by atoms with Gasteiger partial charge in [-0.05, 0) is 67.7 Å². The van der Waals surface area contributed by atoms with Crippen molar-refractivity contribution in [1.82, 2.24) is 4.31 Å². The minimum Gasteiger partial charge on any atom is -0.267 e. The van der Waals surface area contributed by atoms with Crippen molar-refractivity contribution in [1.29, 1.82) is 21.0 Å². The van der Waals surface area contributed by atoms with Crippen LogP contribution < -0.4 is 0 Å². The van der Waals surface area contributed by atoms with Gasteiger partial charge in [0.25, 0.3) is 10.0 Å². The molecule has 6 aromatic carbocycles. The molecule has 8 heteroatoms. The highest BCUT2D eigenvalue weighted by molar-refractivity contribution is 7.89. The molecule has 44 heavy (non-hydrogen) atoms. The molecule has 0 atom stereocenters. The second-order valence-corrected chi connectivity index (χ2v) is 12.3. The Labute approximate surface area is 254 Å². The summed E-state index contributed by atoms with van der Waals surface area (Å²) in [6.07, 6.45) is 0. The van der Waals surface area contributed by atoms with Gasteiger partial charge in [-0.15, -0.1) is 0 Å². The van der Waals surface area contributed by atoms with Gasteiger partial charge in [-0.2, -0.15) is 21.0 Å². The van der Waals surface area contributed by atoms with Crippen molar-refractivity contribution >= 4 is 58.7 Å². The zero-order valence-electron chi connectivity index (χ0n) is 23.6. The number of nitrogens with zero attached hydrogens (tertiary/aromatic N) is 5. The molecule has 0 aliphatic carbocycles. The van der Waals surface area contributed by atoms with Gasteiger partial charge in [0.15, 0.2) is 5.57 Å². The predicted molar refractivity (Wildman–Crippen MR) is 170 cm³/mol. The number of aryl methyl sites for hydroxylation is 1. The molecule has 0 radical (unpaired) electrons. The molecule has 7 nitrogen and oxygen atoms in total. The van der Waals surface area contributed by atoms with Gasteiger partial charge in [-0.25, -0.2) is 8.42 Å². The molecular formula is C36H21N5O2S. The van der Waals surface area contributed by atoms with E-state index in [9.17, 15) is 29.5 Å². The van der Waals surface area contributed by atoms with E-state index in [1.807, 2.05) is 67.6 Å². The molecule has 0 heterocycles. The molecule has 0 aliphatic rings. The number of fused-ring (bicyclic) bond motifs is 2. The van der Waals surface area contributed by atoms with Crippen LogP contribution in [0.3, 0.4) is 0 Å². The molecule has 6 rings (SSSR count). The average molecular weight is 588 g/mol. The fraction of sp³-hybridized carbons (Fsp3) is 0.0556. The lowest BCUT2D eigenvalue weighted by Crippen LogP contribution is -2.28. The van der Waals surface area contributed by atoms with Crippen molar-refractivity contribution < 1.29 is 8.42 Å². The molecule has 0 saturated heterocycles. The molecule has 0 aliphatic heterocycles. The van der Waals surface area contributed by atoms with Gasteiger partial charge in [0.05, 0.1) is 10.6 Å². The van der Waals surface area contributed by atoms with Crippen LogP contribution >= 0.6 is 0 Å². The summed E-state index contributed by atoms with van der Waals surface area (Å²) in [7, 11) is -3.12. The first-order valence-electron chi connectivity index (χ1n) is 13.5. The van der Waals surface area contributed by atoms with Crippen LogP contribution in [0.1, 0.15) is 11.1 Å². The van der Waals surface area contributed by atoms with E-state index < -0.39 is 21.2 Å². The zero-order chi connectivity index (χ0) is 31.2. The van der Waals surface area contributed by atoms with E-state index in [4.69, 9.17) is 0 Å². The molecule has 0 unspecified atom stereocenters. The number of nitriles is 4. The Hall–Kier alpha value is -6.19. The van der Waals surface area contributed by atoms with Crippen LogP contribution in [-0.4, -0.2) is 19.8 Å². The number of hydrogen-bond donors (Lipinski definition) is 0. The molecule has 208 valence electrons. The Kier molecular flexibility index (Phi) is 6.72. The predicted octanol–water partition coefficient (Wildman–Crippen LogP) is 7.47. The SMILES string of the molecule is Cc1ccc(S(=O)(=O)N(C)C(=C(C#N)C#N)C(=C(C#N)C#N)c2ccc3c4cccc5cccc(c6cccc2c63)c54)cc1. The van der Waals surface area contributed by atoms with E-state index in [1.165, 1.54) is 19.2 Å². The number of benzene rings is 6. The van der Waals surface area contributed by atoms with Crippen molar-refractivity contribution in [3.8, 4) is 24.3 Å². The van der Waals surface area contributed by atoms with Crippen molar-refractivity contribution in [2.45, 2.75) is 11.8 Å². The van der Waals surface area contributed by atoms with Crippen LogP contribution in [-0.2, 0) is 10.0 Å². The van der Waals surface area contributed by atoms with Crippen LogP contribution in [0.25, 0.3) is 48.7 Å². The third-order valence-electron chi connectivity index (χ3n) is 7.96. The maximum atomic E-state index is 13.9. The minimum atomic E-state index is -4.33. The van der Waals surface area contributed by atoms with E-state index >= 15 is 0 Å². The summed E-state index contributed by atoms with van der Waals surface area (Å²) in [5, 5.41) is 48.0. The fourth-order valence-electron chi connectivity index (χ4n) is 5.94. The number of likely N-dealkylation sites (N-methyl/N-ethyl adjacent to an activating group) is 1. The van der Waals surface area contributed by atoms with E-state index in [2.05, 4.69) is 12.1 Å². The number of sulfonamides is 1. The molecule has 0 fully saturated rings. The quantitative estimate of drug-likeness (QED) is 0.0889. The Morgan fingerprint density at radius 1 is 0.614 bits per heavy atom. The Morgan fingerprint density at radius 2 is 1.11 bits per heavy atom. The minimum absolute atomic E-state index is 0.0743. The first-order valence-corrected chi connectivity index (χ1v) is 14.9. The average Bonchev–Trinajstić information content (AvgIpc) is 3.05. The standard InChI is InChI=1S/C36H21N5O2S/c1-22-12-14-26(15-13-22)44(42,43)41(2)36(25(20-39)21-40)34(24(18-37)19-38)31-16-17-32-28-9-4-7-23-6-3-8-27(33(23)28)29-10-5-11-30(31)35(29)32/h3-17H,1-2H3. The second kappa shape index (κ2) is 10.6. The second-order valence-electron chi connectivity index (χ2n) is 10.3. The molecule has 0 saturated carbocycles. The zero-order valence-corrected chi connectivity index (χ0v) is 24.4. The number of rotatable bonds is 5. The van der Waals surface area contributed by atoms with Crippen molar-refractivity contribution in [2.24, 2.45) is 0 Å². The van der Waals surface area contributed by atoms with E-state index in [1.54, 1.807) is 30.3 Å². The van der Waals surface area contributed by atoms with E-state index in [-0.39, 0.29) is 16.2 Å².